The normalized spacial score (nSPS) is 9.72. The van der Waals surface area contributed by atoms with Crippen LogP contribution in [0.2, 0.25) is 0 Å². The van der Waals surface area contributed by atoms with E-state index in [9.17, 15) is 0 Å². The fraction of sp³-hybridized carbons (Fsp3) is 0.600. The Kier molecular flexibility index (Phi) is 9.85. The second kappa shape index (κ2) is 10.2. The van der Waals surface area contributed by atoms with Crippen LogP contribution in [0.5, 0.6) is 11.5 Å². The first-order chi connectivity index (χ1) is 8.74. The predicted molar refractivity (Wildman–Crippen MR) is 82.0 cm³/mol. The summed E-state index contributed by atoms with van der Waals surface area (Å²) in [6, 6.07) is 6.04. The Morgan fingerprint density at radius 1 is 1.11 bits per heavy atom. The van der Waals surface area contributed by atoms with Crippen molar-refractivity contribution in [2.24, 2.45) is 0 Å². The lowest BCUT2D eigenvalue weighted by molar-refractivity contribution is 0.185. The van der Waals surface area contributed by atoms with Crippen molar-refractivity contribution in [3.63, 3.8) is 0 Å². The molecule has 1 aromatic carbocycles. The first-order valence-electron chi connectivity index (χ1n) is 6.64. The molecule has 0 aromatic heterocycles. The summed E-state index contributed by atoms with van der Waals surface area (Å²) in [6.45, 7) is 8.26. The molecule has 0 fully saturated rings. The fourth-order valence-electron chi connectivity index (χ4n) is 1.53. The monoisotopic (exact) mass is 316 g/mol. The zero-order chi connectivity index (χ0) is 14.0. The Labute approximate surface area is 120 Å². The van der Waals surface area contributed by atoms with Gasteiger partial charge >= 0.3 is 0 Å². The number of alkyl halides is 1. The van der Waals surface area contributed by atoms with E-state index < -0.39 is 0 Å². The van der Waals surface area contributed by atoms with Crippen molar-refractivity contribution < 1.29 is 9.47 Å². The van der Waals surface area contributed by atoms with Gasteiger partial charge in [0.15, 0.2) is 11.5 Å². The van der Waals surface area contributed by atoms with Crippen LogP contribution < -0.4 is 9.47 Å². The van der Waals surface area contributed by atoms with E-state index in [-0.39, 0.29) is 6.10 Å². The molecule has 0 N–H and O–H groups in total. The summed E-state index contributed by atoms with van der Waals surface area (Å²) in [5.41, 5.74) is 1.19. The molecule has 104 valence electrons. The molecule has 0 spiro atoms. The van der Waals surface area contributed by atoms with Crippen molar-refractivity contribution in [3.05, 3.63) is 23.8 Å². The molecular weight excluding hydrogens is 292 g/mol. The summed E-state index contributed by atoms with van der Waals surface area (Å²) in [5.74, 6) is 1.64. The highest BCUT2D eigenvalue weighted by molar-refractivity contribution is 9.08. The van der Waals surface area contributed by atoms with Crippen molar-refractivity contribution >= 4 is 15.9 Å². The van der Waals surface area contributed by atoms with Gasteiger partial charge in [0.1, 0.15) is 0 Å². The van der Waals surface area contributed by atoms with Gasteiger partial charge in [-0.15, -0.1) is 0 Å². The van der Waals surface area contributed by atoms with Gasteiger partial charge in [-0.1, -0.05) is 49.7 Å². The zero-order valence-corrected chi connectivity index (χ0v) is 13.7. The minimum atomic E-state index is 0.267. The van der Waals surface area contributed by atoms with Crippen LogP contribution in [0.1, 0.15) is 46.1 Å². The molecule has 1 rings (SSSR count). The van der Waals surface area contributed by atoms with E-state index in [2.05, 4.69) is 35.8 Å². The molecule has 0 aliphatic heterocycles. The van der Waals surface area contributed by atoms with Gasteiger partial charge in [-0.25, -0.2) is 0 Å². The summed E-state index contributed by atoms with van der Waals surface area (Å²) >= 11 is 3.43. The van der Waals surface area contributed by atoms with E-state index in [4.69, 9.17) is 9.47 Å². The molecular formula is C15H25BrO2. The minimum absolute atomic E-state index is 0.267. The molecule has 2 nitrogen and oxygen atoms in total. The first kappa shape index (κ1) is 17.3. The number of hydrogen-bond acceptors (Lipinski definition) is 2. The predicted octanol–water partition coefficient (Wildman–Crippen LogP) is 5.18. The average Bonchev–Trinajstić information content (AvgIpc) is 2.46. The van der Waals surface area contributed by atoms with Crippen LogP contribution in [0.3, 0.4) is 0 Å². The SMILES string of the molecule is CC.CCC(CC)Oc1ccc(CBr)cc1OC. The maximum absolute atomic E-state index is 5.89. The van der Waals surface area contributed by atoms with Gasteiger partial charge in [0.05, 0.1) is 13.2 Å². The molecule has 0 bridgehead atoms. The molecule has 3 heteroatoms. The van der Waals surface area contributed by atoms with E-state index in [0.29, 0.717) is 0 Å². The van der Waals surface area contributed by atoms with Crippen LogP contribution in [0.4, 0.5) is 0 Å². The molecule has 1 aromatic rings. The number of benzene rings is 1. The Balaban J connectivity index is 0.00000137. The molecule has 0 atom stereocenters. The van der Waals surface area contributed by atoms with Crippen molar-refractivity contribution in [1.29, 1.82) is 0 Å². The van der Waals surface area contributed by atoms with E-state index >= 15 is 0 Å². The van der Waals surface area contributed by atoms with E-state index in [0.717, 1.165) is 29.7 Å². The van der Waals surface area contributed by atoms with Gasteiger partial charge in [-0.05, 0) is 30.5 Å². The van der Waals surface area contributed by atoms with Crippen LogP contribution in [-0.2, 0) is 5.33 Å². The quantitative estimate of drug-likeness (QED) is 0.673. The second-order valence-corrected chi connectivity index (χ2v) is 4.24. The second-order valence-electron chi connectivity index (χ2n) is 3.68. The maximum atomic E-state index is 5.89. The Morgan fingerprint density at radius 2 is 1.72 bits per heavy atom. The molecule has 0 saturated carbocycles. The molecule has 0 aliphatic carbocycles. The van der Waals surface area contributed by atoms with Crippen LogP contribution in [-0.4, -0.2) is 13.2 Å². The average molecular weight is 317 g/mol. The highest BCUT2D eigenvalue weighted by Crippen LogP contribution is 2.30. The maximum Gasteiger partial charge on any atom is 0.161 e. The van der Waals surface area contributed by atoms with Crippen LogP contribution >= 0.6 is 15.9 Å². The van der Waals surface area contributed by atoms with Gasteiger partial charge < -0.3 is 9.47 Å². The Morgan fingerprint density at radius 3 is 2.17 bits per heavy atom. The minimum Gasteiger partial charge on any atom is -0.493 e. The summed E-state index contributed by atoms with van der Waals surface area (Å²) in [4.78, 5) is 0. The highest BCUT2D eigenvalue weighted by Gasteiger charge is 2.10. The lowest BCUT2D eigenvalue weighted by atomic mass is 10.2. The van der Waals surface area contributed by atoms with E-state index in [1.807, 2.05) is 26.0 Å². The smallest absolute Gasteiger partial charge is 0.161 e. The summed E-state index contributed by atoms with van der Waals surface area (Å²) in [7, 11) is 1.67. The topological polar surface area (TPSA) is 18.5 Å². The number of methoxy groups -OCH3 is 1. The number of hydrogen-bond donors (Lipinski definition) is 0. The number of rotatable bonds is 6. The third-order valence-electron chi connectivity index (χ3n) is 2.59. The molecule has 0 saturated heterocycles. The van der Waals surface area contributed by atoms with Crippen LogP contribution in [0.25, 0.3) is 0 Å². The van der Waals surface area contributed by atoms with Crippen LogP contribution in [0, 0.1) is 0 Å². The molecule has 0 heterocycles. The molecule has 0 aliphatic rings. The number of halogens is 1. The van der Waals surface area contributed by atoms with Gasteiger partial charge in [0.2, 0.25) is 0 Å². The van der Waals surface area contributed by atoms with Crippen molar-refractivity contribution in [3.8, 4) is 11.5 Å². The lowest BCUT2D eigenvalue weighted by Crippen LogP contribution is -2.14. The fourth-order valence-corrected chi connectivity index (χ4v) is 1.88. The Bertz CT molecular complexity index is 322. The summed E-state index contributed by atoms with van der Waals surface area (Å²) in [6.07, 6.45) is 2.29. The van der Waals surface area contributed by atoms with Gasteiger partial charge in [-0.3, -0.25) is 0 Å². The summed E-state index contributed by atoms with van der Waals surface area (Å²) < 4.78 is 11.2. The Hall–Kier alpha value is -0.700. The molecule has 0 unspecified atom stereocenters. The van der Waals surface area contributed by atoms with E-state index in [1.165, 1.54) is 5.56 Å². The highest BCUT2D eigenvalue weighted by atomic mass is 79.9. The molecule has 18 heavy (non-hydrogen) atoms. The third kappa shape index (κ3) is 5.30. The summed E-state index contributed by atoms with van der Waals surface area (Å²) in [5, 5.41) is 0.828. The van der Waals surface area contributed by atoms with Crippen molar-refractivity contribution in [1.82, 2.24) is 0 Å². The van der Waals surface area contributed by atoms with Gasteiger partial charge in [0.25, 0.3) is 0 Å². The third-order valence-corrected chi connectivity index (χ3v) is 3.23. The van der Waals surface area contributed by atoms with Crippen molar-refractivity contribution in [2.45, 2.75) is 52.0 Å². The van der Waals surface area contributed by atoms with E-state index in [1.54, 1.807) is 7.11 Å². The molecule has 0 radical (unpaired) electrons. The first-order valence-corrected chi connectivity index (χ1v) is 7.76. The number of ether oxygens (including phenoxy) is 2. The van der Waals surface area contributed by atoms with Gasteiger partial charge in [-0.2, -0.15) is 0 Å². The molecule has 0 amide bonds. The van der Waals surface area contributed by atoms with Crippen LogP contribution in [0.15, 0.2) is 18.2 Å². The largest absolute Gasteiger partial charge is 0.493 e. The van der Waals surface area contributed by atoms with Crippen molar-refractivity contribution in [2.75, 3.05) is 7.11 Å². The standard InChI is InChI=1S/C13H19BrO2.C2H6/c1-4-11(5-2)16-12-7-6-10(9-14)8-13(12)15-3;1-2/h6-8,11H,4-5,9H2,1-3H3;1-2H3. The zero-order valence-electron chi connectivity index (χ0n) is 12.1. The lowest BCUT2D eigenvalue weighted by Gasteiger charge is -2.18. The van der Waals surface area contributed by atoms with Gasteiger partial charge in [0, 0.05) is 5.33 Å².